The zero-order valence-electron chi connectivity index (χ0n) is 10.0. The van der Waals surface area contributed by atoms with Crippen molar-refractivity contribution in [1.29, 1.82) is 0 Å². The van der Waals surface area contributed by atoms with Gasteiger partial charge in [0.1, 0.15) is 0 Å². The summed E-state index contributed by atoms with van der Waals surface area (Å²) in [6, 6.07) is 8.46. The average molecular weight is 220 g/mol. The van der Waals surface area contributed by atoms with Gasteiger partial charge in [-0.15, -0.1) is 0 Å². The minimum Gasteiger partial charge on any atom is -0.380 e. The van der Waals surface area contributed by atoms with Crippen molar-refractivity contribution in [2.75, 3.05) is 25.1 Å². The summed E-state index contributed by atoms with van der Waals surface area (Å²) < 4.78 is 5.39. The van der Waals surface area contributed by atoms with Gasteiger partial charge < -0.3 is 15.4 Å². The maximum Gasteiger partial charge on any atom is 0.0762 e. The lowest BCUT2D eigenvalue weighted by molar-refractivity contribution is 0.121. The number of ether oxygens (including phenoxy) is 1. The Bertz CT molecular complexity index is 352. The Morgan fingerprint density at radius 2 is 2.19 bits per heavy atom. The van der Waals surface area contributed by atoms with Crippen LogP contribution < -0.4 is 10.6 Å². The van der Waals surface area contributed by atoms with Gasteiger partial charge in [-0.05, 0) is 25.0 Å². The van der Waals surface area contributed by atoms with Gasteiger partial charge in [0.05, 0.1) is 6.10 Å². The molecule has 0 amide bonds. The maximum atomic E-state index is 5.99. The monoisotopic (exact) mass is 220 g/mol. The van der Waals surface area contributed by atoms with Crippen molar-refractivity contribution in [3.63, 3.8) is 0 Å². The minimum absolute atomic E-state index is 0.0813. The molecule has 0 aliphatic carbocycles. The molecule has 1 saturated heterocycles. The molecule has 1 heterocycles. The lowest BCUT2D eigenvalue weighted by Gasteiger charge is -2.23. The van der Waals surface area contributed by atoms with Crippen LogP contribution in [0.3, 0.4) is 0 Å². The van der Waals surface area contributed by atoms with Gasteiger partial charge in [-0.25, -0.2) is 0 Å². The molecule has 1 aromatic rings. The number of anilines is 1. The molecule has 1 fully saturated rings. The number of rotatable bonds is 3. The predicted octanol–water partition coefficient (Wildman–Crippen LogP) is 1.93. The Balaban J connectivity index is 2.20. The van der Waals surface area contributed by atoms with Crippen LogP contribution in [0.1, 0.15) is 24.9 Å². The highest BCUT2D eigenvalue weighted by Crippen LogP contribution is 2.28. The topological polar surface area (TPSA) is 38.5 Å². The first kappa shape index (κ1) is 11.4. The van der Waals surface area contributed by atoms with Crippen molar-refractivity contribution < 1.29 is 4.74 Å². The molecule has 2 N–H and O–H groups in total. The number of nitrogens with zero attached hydrogens (tertiary/aromatic N) is 1. The number of para-hydroxylation sites is 1. The Morgan fingerprint density at radius 3 is 2.81 bits per heavy atom. The first-order chi connectivity index (χ1) is 7.72. The molecule has 88 valence electrons. The van der Waals surface area contributed by atoms with Crippen LogP contribution in [0.15, 0.2) is 24.3 Å². The van der Waals surface area contributed by atoms with Gasteiger partial charge in [0.25, 0.3) is 0 Å². The highest BCUT2D eigenvalue weighted by Gasteiger charge is 2.24. The molecule has 1 aliphatic rings. The van der Waals surface area contributed by atoms with Gasteiger partial charge in [-0.2, -0.15) is 0 Å². The van der Waals surface area contributed by atoms with Gasteiger partial charge in [0, 0.05) is 31.9 Å². The number of nitrogens with two attached hydrogens (primary N) is 1. The second kappa shape index (κ2) is 4.85. The molecule has 1 aliphatic heterocycles. The summed E-state index contributed by atoms with van der Waals surface area (Å²) in [5.41, 5.74) is 8.47. The summed E-state index contributed by atoms with van der Waals surface area (Å²) in [5.74, 6) is 0. The van der Waals surface area contributed by atoms with E-state index in [0.29, 0.717) is 6.10 Å². The Hall–Kier alpha value is -1.06. The second-order valence-electron chi connectivity index (χ2n) is 4.44. The lowest BCUT2D eigenvalue weighted by Crippen LogP contribution is -2.24. The molecule has 1 aromatic carbocycles. The minimum atomic E-state index is 0.0813. The van der Waals surface area contributed by atoms with E-state index in [2.05, 4.69) is 23.1 Å². The average Bonchev–Trinajstić information content (AvgIpc) is 2.77. The van der Waals surface area contributed by atoms with Crippen LogP contribution in [0, 0.1) is 0 Å². The van der Waals surface area contributed by atoms with Gasteiger partial charge in [0.2, 0.25) is 0 Å². The van der Waals surface area contributed by atoms with E-state index in [0.717, 1.165) is 19.5 Å². The fraction of sp³-hybridized carbons (Fsp3) is 0.538. The summed E-state index contributed by atoms with van der Waals surface area (Å²) in [6.07, 6.45) is 1.46. The van der Waals surface area contributed by atoms with E-state index in [9.17, 15) is 0 Å². The number of hydrogen-bond donors (Lipinski definition) is 1. The molecule has 2 atom stereocenters. The molecule has 1 unspecified atom stereocenters. The van der Waals surface area contributed by atoms with Crippen LogP contribution in [-0.4, -0.2) is 26.3 Å². The summed E-state index contributed by atoms with van der Waals surface area (Å²) in [5, 5.41) is 0. The van der Waals surface area contributed by atoms with Crippen molar-refractivity contribution in [3.8, 4) is 0 Å². The SMILES string of the molecule is COC1CCN(c2ccccc2[C@@H](C)N)C1. The number of methoxy groups -OCH3 is 1. The normalized spacial score (nSPS) is 22.4. The van der Waals surface area contributed by atoms with Gasteiger partial charge in [0.15, 0.2) is 0 Å². The Labute approximate surface area is 97.2 Å². The molecule has 3 heteroatoms. The molecular weight excluding hydrogens is 200 g/mol. The van der Waals surface area contributed by atoms with E-state index < -0.39 is 0 Å². The summed E-state index contributed by atoms with van der Waals surface area (Å²) in [4.78, 5) is 2.37. The van der Waals surface area contributed by atoms with Gasteiger partial charge in [-0.3, -0.25) is 0 Å². The highest BCUT2D eigenvalue weighted by molar-refractivity contribution is 5.55. The Morgan fingerprint density at radius 1 is 1.44 bits per heavy atom. The fourth-order valence-electron chi connectivity index (χ4n) is 2.30. The van der Waals surface area contributed by atoms with Crippen LogP contribution in [-0.2, 0) is 4.74 Å². The zero-order chi connectivity index (χ0) is 11.5. The van der Waals surface area contributed by atoms with Crippen molar-refractivity contribution in [3.05, 3.63) is 29.8 Å². The van der Waals surface area contributed by atoms with Gasteiger partial charge in [-0.1, -0.05) is 18.2 Å². The number of benzene rings is 1. The second-order valence-corrected chi connectivity index (χ2v) is 4.44. The maximum absolute atomic E-state index is 5.99. The molecule has 0 radical (unpaired) electrons. The van der Waals surface area contributed by atoms with Crippen molar-refractivity contribution in [2.45, 2.75) is 25.5 Å². The summed E-state index contributed by atoms with van der Waals surface area (Å²) in [7, 11) is 1.78. The fourth-order valence-corrected chi connectivity index (χ4v) is 2.30. The van der Waals surface area contributed by atoms with Crippen LogP contribution in [0.2, 0.25) is 0 Å². The third-order valence-electron chi connectivity index (χ3n) is 3.25. The molecule has 16 heavy (non-hydrogen) atoms. The van der Waals surface area contributed by atoms with Crippen LogP contribution in [0.4, 0.5) is 5.69 Å². The molecular formula is C13H20N2O. The van der Waals surface area contributed by atoms with Crippen molar-refractivity contribution >= 4 is 5.69 Å². The van der Waals surface area contributed by atoms with Crippen LogP contribution >= 0.6 is 0 Å². The highest BCUT2D eigenvalue weighted by atomic mass is 16.5. The molecule has 0 bridgehead atoms. The van der Waals surface area contributed by atoms with E-state index in [1.807, 2.05) is 13.0 Å². The van der Waals surface area contributed by atoms with Crippen molar-refractivity contribution in [1.82, 2.24) is 0 Å². The van der Waals surface area contributed by atoms with Crippen LogP contribution in [0.5, 0.6) is 0 Å². The Kier molecular flexibility index (Phi) is 3.46. The molecule has 0 aromatic heterocycles. The largest absolute Gasteiger partial charge is 0.380 e. The summed E-state index contributed by atoms with van der Waals surface area (Å²) >= 11 is 0. The molecule has 3 nitrogen and oxygen atoms in total. The van der Waals surface area contributed by atoms with E-state index in [1.165, 1.54) is 11.3 Å². The third-order valence-corrected chi connectivity index (χ3v) is 3.25. The quantitative estimate of drug-likeness (QED) is 0.846. The van der Waals surface area contributed by atoms with E-state index in [-0.39, 0.29) is 6.04 Å². The first-order valence-electron chi connectivity index (χ1n) is 5.84. The van der Waals surface area contributed by atoms with Gasteiger partial charge >= 0.3 is 0 Å². The zero-order valence-corrected chi connectivity index (χ0v) is 10.0. The molecule has 2 rings (SSSR count). The summed E-state index contributed by atoms with van der Waals surface area (Å²) in [6.45, 7) is 4.06. The molecule has 0 saturated carbocycles. The third kappa shape index (κ3) is 2.20. The molecule has 0 spiro atoms. The number of hydrogen-bond acceptors (Lipinski definition) is 3. The first-order valence-corrected chi connectivity index (χ1v) is 5.84. The van der Waals surface area contributed by atoms with E-state index >= 15 is 0 Å². The lowest BCUT2D eigenvalue weighted by atomic mass is 10.1. The van der Waals surface area contributed by atoms with Crippen molar-refractivity contribution in [2.24, 2.45) is 5.73 Å². The smallest absolute Gasteiger partial charge is 0.0762 e. The predicted molar refractivity (Wildman–Crippen MR) is 66.7 cm³/mol. The van der Waals surface area contributed by atoms with Crippen LogP contribution in [0.25, 0.3) is 0 Å². The van der Waals surface area contributed by atoms with E-state index in [1.54, 1.807) is 7.11 Å². The standard InChI is InChI=1S/C13H20N2O/c1-10(14)12-5-3-4-6-13(12)15-8-7-11(9-15)16-2/h3-6,10-11H,7-9,14H2,1-2H3/t10-,11?/m1/s1. The van der Waals surface area contributed by atoms with E-state index in [4.69, 9.17) is 10.5 Å².